The SMILES string of the molecule is FC1(F)CCC(CC2CCC(F)(F)CC2)CC1. The van der Waals surface area contributed by atoms with Gasteiger partial charge in [0.15, 0.2) is 0 Å². The molecular formula is C13H20F4. The molecule has 0 aromatic heterocycles. The molecule has 0 spiro atoms. The summed E-state index contributed by atoms with van der Waals surface area (Å²) in [6.07, 6.45) is 3.11. The summed E-state index contributed by atoms with van der Waals surface area (Å²) in [7, 11) is 0. The van der Waals surface area contributed by atoms with Crippen molar-refractivity contribution in [2.24, 2.45) is 11.8 Å². The van der Waals surface area contributed by atoms with E-state index >= 15 is 0 Å². The zero-order valence-electron chi connectivity index (χ0n) is 10.0. The van der Waals surface area contributed by atoms with Crippen molar-refractivity contribution in [3.8, 4) is 0 Å². The van der Waals surface area contributed by atoms with Crippen LogP contribution in [-0.4, -0.2) is 11.8 Å². The molecule has 2 saturated carbocycles. The fourth-order valence-corrected chi connectivity index (χ4v) is 3.14. The molecule has 100 valence electrons. The zero-order valence-corrected chi connectivity index (χ0v) is 10.0. The molecule has 0 N–H and O–H groups in total. The molecular weight excluding hydrogens is 232 g/mol. The predicted octanol–water partition coefficient (Wildman–Crippen LogP) is 5.03. The van der Waals surface area contributed by atoms with Crippen LogP contribution >= 0.6 is 0 Å². The molecule has 0 unspecified atom stereocenters. The zero-order chi connectivity index (χ0) is 12.5. The molecule has 2 aliphatic carbocycles. The van der Waals surface area contributed by atoms with Crippen LogP contribution in [0.15, 0.2) is 0 Å². The lowest BCUT2D eigenvalue weighted by molar-refractivity contribution is -0.0593. The summed E-state index contributed by atoms with van der Waals surface area (Å²) < 4.78 is 51.8. The molecule has 0 saturated heterocycles. The van der Waals surface area contributed by atoms with Crippen molar-refractivity contribution in [1.82, 2.24) is 0 Å². The maximum Gasteiger partial charge on any atom is 0.248 e. The lowest BCUT2D eigenvalue weighted by atomic mass is 9.76. The molecule has 0 atom stereocenters. The Morgan fingerprint density at radius 2 is 0.941 bits per heavy atom. The normalized spacial score (nSPS) is 30.4. The van der Waals surface area contributed by atoms with Crippen molar-refractivity contribution in [2.45, 2.75) is 69.6 Å². The van der Waals surface area contributed by atoms with Crippen LogP contribution in [0.2, 0.25) is 0 Å². The van der Waals surface area contributed by atoms with Gasteiger partial charge < -0.3 is 0 Å². The molecule has 0 aromatic carbocycles. The minimum atomic E-state index is -2.48. The molecule has 0 bridgehead atoms. The highest BCUT2D eigenvalue weighted by Gasteiger charge is 2.38. The lowest BCUT2D eigenvalue weighted by Crippen LogP contribution is -2.28. The average molecular weight is 252 g/mol. The van der Waals surface area contributed by atoms with E-state index in [0.29, 0.717) is 37.5 Å². The van der Waals surface area contributed by atoms with E-state index in [0.717, 1.165) is 6.42 Å². The molecule has 2 aliphatic rings. The topological polar surface area (TPSA) is 0 Å². The first-order valence-corrected chi connectivity index (χ1v) is 6.62. The van der Waals surface area contributed by atoms with E-state index in [1.165, 1.54) is 0 Å². The van der Waals surface area contributed by atoms with Gasteiger partial charge in [0.05, 0.1) is 0 Å². The van der Waals surface area contributed by atoms with Gasteiger partial charge in [0.25, 0.3) is 0 Å². The Balaban J connectivity index is 1.72. The van der Waals surface area contributed by atoms with Crippen LogP contribution in [0.25, 0.3) is 0 Å². The van der Waals surface area contributed by atoms with E-state index < -0.39 is 11.8 Å². The summed E-state index contributed by atoms with van der Waals surface area (Å²) in [5, 5.41) is 0. The molecule has 0 nitrogen and oxygen atoms in total. The van der Waals surface area contributed by atoms with Crippen LogP contribution in [0.3, 0.4) is 0 Å². The molecule has 0 radical (unpaired) electrons. The Morgan fingerprint density at radius 3 is 1.24 bits per heavy atom. The number of hydrogen-bond acceptors (Lipinski definition) is 0. The summed E-state index contributed by atoms with van der Waals surface area (Å²) in [5.41, 5.74) is 0. The van der Waals surface area contributed by atoms with Crippen LogP contribution in [0.5, 0.6) is 0 Å². The van der Waals surface area contributed by atoms with E-state index in [9.17, 15) is 17.6 Å². The minimum Gasteiger partial charge on any atom is -0.207 e. The van der Waals surface area contributed by atoms with Crippen LogP contribution in [0.1, 0.15) is 57.8 Å². The molecule has 4 heteroatoms. The first-order chi connectivity index (χ1) is 7.86. The second-order valence-corrected chi connectivity index (χ2v) is 5.83. The number of halogens is 4. The highest BCUT2D eigenvalue weighted by atomic mass is 19.3. The van der Waals surface area contributed by atoms with E-state index in [-0.39, 0.29) is 25.7 Å². The monoisotopic (exact) mass is 252 g/mol. The van der Waals surface area contributed by atoms with Gasteiger partial charge in [-0.15, -0.1) is 0 Å². The van der Waals surface area contributed by atoms with Gasteiger partial charge in [-0.3, -0.25) is 0 Å². The van der Waals surface area contributed by atoms with E-state index in [1.807, 2.05) is 0 Å². The minimum absolute atomic E-state index is 0.0133. The van der Waals surface area contributed by atoms with E-state index in [4.69, 9.17) is 0 Å². The first-order valence-electron chi connectivity index (χ1n) is 6.62. The van der Waals surface area contributed by atoms with Gasteiger partial charge in [0.1, 0.15) is 0 Å². The smallest absolute Gasteiger partial charge is 0.207 e. The number of hydrogen-bond donors (Lipinski definition) is 0. The lowest BCUT2D eigenvalue weighted by Gasteiger charge is -2.33. The van der Waals surface area contributed by atoms with Gasteiger partial charge in [0.2, 0.25) is 11.8 Å². The summed E-state index contributed by atoms with van der Waals surface area (Å²) in [4.78, 5) is 0. The maximum atomic E-state index is 13.0. The second-order valence-electron chi connectivity index (χ2n) is 5.83. The molecule has 2 fully saturated rings. The third-order valence-corrected chi connectivity index (χ3v) is 4.34. The van der Waals surface area contributed by atoms with E-state index in [2.05, 4.69) is 0 Å². The highest BCUT2D eigenvalue weighted by molar-refractivity contribution is 4.82. The van der Waals surface area contributed by atoms with Crippen molar-refractivity contribution < 1.29 is 17.6 Å². The molecule has 0 aliphatic heterocycles. The van der Waals surface area contributed by atoms with Crippen molar-refractivity contribution >= 4 is 0 Å². The third-order valence-electron chi connectivity index (χ3n) is 4.34. The van der Waals surface area contributed by atoms with Gasteiger partial charge >= 0.3 is 0 Å². The Hall–Kier alpha value is -0.280. The van der Waals surface area contributed by atoms with Crippen molar-refractivity contribution in [1.29, 1.82) is 0 Å². The van der Waals surface area contributed by atoms with Crippen molar-refractivity contribution in [2.75, 3.05) is 0 Å². The predicted molar refractivity (Wildman–Crippen MR) is 58.4 cm³/mol. The first kappa shape index (κ1) is 13.2. The summed E-state index contributed by atoms with van der Waals surface area (Å²) in [6.45, 7) is 0. The number of alkyl halides is 4. The van der Waals surface area contributed by atoms with Gasteiger partial charge in [-0.25, -0.2) is 17.6 Å². The Bertz CT molecular complexity index is 216. The highest BCUT2D eigenvalue weighted by Crippen LogP contribution is 2.43. The summed E-state index contributed by atoms with van der Waals surface area (Å²) >= 11 is 0. The number of rotatable bonds is 2. The Kier molecular flexibility index (Phi) is 3.69. The van der Waals surface area contributed by atoms with Gasteiger partial charge in [-0.05, 0) is 43.9 Å². The van der Waals surface area contributed by atoms with E-state index in [1.54, 1.807) is 0 Å². The fourth-order valence-electron chi connectivity index (χ4n) is 3.14. The van der Waals surface area contributed by atoms with Crippen LogP contribution in [-0.2, 0) is 0 Å². The molecule has 17 heavy (non-hydrogen) atoms. The van der Waals surface area contributed by atoms with Crippen molar-refractivity contribution in [3.05, 3.63) is 0 Å². The molecule has 2 rings (SSSR count). The maximum absolute atomic E-state index is 13.0. The van der Waals surface area contributed by atoms with Crippen LogP contribution in [0.4, 0.5) is 17.6 Å². The van der Waals surface area contributed by atoms with Crippen LogP contribution < -0.4 is 0 Å². The van der Waals surface area contributed by atoms with Gasteiger partial charge in [-0.1, -0.05) is 0 Å². The standard InChI is InChI=1S/C13H20F4/c14-12(15)5-1-10(2-6-12)9-11-3-7-13(16,17)8-4-11/h10-11H,1-9H2. The average Bonchev–Trinajstić information content (AvgIpc) is 2.24. The summed E-state index contributed by atoms with van der Waals surface area (Å²) in [6, 6.07) is 0. The quantitative estimate of drug-likeness (QED) is 0.605. The largest absolute Gasteiger partial charge is 0.248 e. The van der Waals surface area contributed by atoms with Gasteiger partial charge in [-0.2, -0.15) is 0 Å². The van der Waals surface area contributed by atoms with Gasteiger partial charge in [0, 0.05) is 25.7 Å². The van der Waals surface area contributed by atoms with Crippen molar-refractivity contribution in [3.63, 3.8) is 0 Å². The summed E-state index contributed by atoms with van der Waals surface area (Å²) in [5.74, 6) is -4.27. The molecule has 0 amide bonds. The molecule has 0 aromatic rings. The third kappa shape index (κ3) is 3.85. The Morgan fingerprint density at radius 1 is 0.647 bits per heavy atom. The Labute approximate surface area is 99.8 Å². The molecule has 0 heterocycles. The second kappa shape index (κ2) is 4.77. The van der Waals surface area contributed by atoms with Crippen LogP contribution in [0, 0.1) is 11.8 Å². The fraction of sp³-hybridized carbons (Fsp3) is 1.00.